The summed E-state index contributed by atoms with van der Waals surface area (Å²) in [4.78, 5) is 4.08. The quantitative estimate of drug-likeness (QED) is 0.186. The van der Waals surface area contributed by atoms with Crippen molar-refractivity contribution in [3.8, 4) is 0 Å². The number of aliphatic hydroxyl groups excluding tert-OH is 1. The Labute approximate surface area is 102 Å². The Balaban J connectivity index is 2.86. The summed E-state index contributed by atoms with van der Waals surface area (Å²) in [6.07, 6.45) is 2.21. The van der Waals surface area contributed by atoms with Crippen LogP contribution in [0.1, 0.15) is 12.0 Å². The summed E-state index contributed by atoms with van der Waals surface area (Å²) in [5, 5.41) is 21.1. The number of nitrogens with two attached hydrogens (primary N) is 1. The lowest BCUT2D eigenvalue weighted by molar-refractivity contribution is 0.296. The Morgan fingerprint density at radius 2 is 2.38 bits per heavy atom. The zero-order chi connectivity index (χ0) is 12.0. The van der Waals surface area contributed by atoms with Crippen molar-refractivity contribution in [3.63, 3.8) is 0 Å². The second-order valence-electron chi connectivity index (χ2n) is 2.89. The van der Waals surface area contributed by atoms with Crippen LogP contribution in [0.4, 0.5) is 0 Å². The van der Waals surface area contributed by atoms with Crippen molar-refractivity contribution < 1.29 is 10.3 Å². The van der Waals surface area contributed by atoms with E-state index in [1.165, 1.54) is 11.8 Å². The van der Waals surface area contributed by atoms with Gasteiger partial charge in [0.25, 0.3) is 0 Å². The normalized spacial score (nSPS) is 11.8. The van der Waals surface area contributed by atoms with E-state index in [0.717, 1.165) is 0 Å². The molecule has 1 rings (SSSR count). The first-order chi connectivity index (χ1) is 7.70. The molecule has 1 aromatic rings. The summed E-state index contributed by atoms with van der Waals surface area (Å²) >= 11 is 7.46. The summed E-state index contributed by atoms with van der Waals surface area (Å²) in [5.74, 6) is 0.666. The van der Waals surface area contributed by atoms with Gasteiger partial charge < -0.3 is 16.0 Å². The molecule has 1 heterocycles. The number of rotatable bonds is 5. The monoisotopic (exact) mass is 261 g/mol. The van der Waals surface area contributed by atoms with Crippen LogP contribution in [0.25, 0.3) is 0 Å². The molecule has 0 bridgehead atoms. The fraction of sp³-hybridized carbons (Fsp3) is 0.333. The van der Waals surface area contributed by atoms with Crippen molar-refractivity contribution in [3.05, 3.63) is 22.8 Å². The van der Waals surface area contributed by atoms with Crippen molar-refractivity contribution in [2.24, 2.45) is 10.9 Å². The van der Waals surface area contributed by atoms with Crippen molar-refractivity contribution in [2.75, 3.05) is 12.4 Å². The molecule has 0 saturated carbocycles. The van der Waals surface area contributed by atoms with E-state index in [2.05, 4.69) is 10.1 Å². The fourth-order valence-corrected chi connectivity index (χ4v) is 2.22. The van der Waals surface area contributed by atoms with E-state index >= 15 is 0 Å². The molecule has 88 valence electrons. The first-order valence-electron chi connectivity index (χ1n) is 4.56. The van der Waals surface area contributed by atoms with E-state index in [1.54, 1.807) is 12.3 Å². The zero-order valence-electron chi connectivity index (χ0n) is 8.43. The van der Waals surface area contributed by atoms with Crippen LogP contribution >= 0.6 is 23.4 Å². The highest BCUT2D eigenvalue weighted by Crippen LogP contribution is 2.28. The van der Waals surface area contributed by atoms with Crippen LogP contribution in [-0.2, 0) is 0 Å². The number of aliphatic hydroxyl groups is 1. The van der Waals surface area contributed by atoms with Crippen LogP contribution in [0.2, 0.25) is 5.02 Å². The molecule has 0 unspecified atom stereocenters. The Bertz CT molecular complexity index is 387. The van der Waals surface area contributed by atoms with Gasteiger partial charge in [-0.25, -0.2) is 4.98 Å². The molecule has 0 atom stereocenters. The van der Waals surface area contributed by atoms with Crippen LogP contribution in [0.15, 0.2) is 22.4 Å². The average molecular weight is 262 g/mol. The SMILES string of the molecule is N/C(=N/O)c1ccnc(SCCCO)c1Cl. The second-order valence-corrected chi connectivity index (χ2v) is 4.35. The number of pyridine rings is 1. The van der Waals surface area contributed by atoms with E-state index < -0.39 is 0 Å². The highest BCUT2D eigenvalue weighted by Gasteiger charge is 2.11. The molecule has 0 aliphatic heterocycles. The van der Waals surface area contributed by atoms with Crippen LogP contribution in [0, 0.1) is 0 Å². The van der Waals surface area contributed by atoms with Crippen molar-refractivity contribution in [1.82, 2.24) is 4.98 Å². The van der Waals surface area contributed by atoms with Gasteiger partial charge in [0.05, 0.1) is 5.02 Å². The molecule has 7 heteroatoms. The first kappa shape index (κ1) is 13.1. The van der Waals surface area contributed by atoms with E-state index in [0.29, 0.717) is 27.8 Å². The maximum atomic E-state index is 8.66. The number of amidine groups is 1. The van der Waals surface area contributed by atoms with Crippen molar-refractivity contribution >= 4 is 29.2 Å². The Hall–Kier alpha value is -0.980. The van der Waals surface area contributed by atoms with Gasteiger partial charge in [-0.1, -0.05) is 16.8 Å². The summed E-state index contributed by atoms with van der Waals surface area (Å²) in [6.45, 7) is 0.130. The Kier molecular flexibility index (Phi) is 5.37. The second kappa shape index (κ2) is 6.57. The van der Waals surface area contributed by atoms with E-state index in [9.17, 15) is 0 Å². The fourth-order valence-electron chi connectivity index (χ4n) is 1.01. The summed E-state index contributed by atoms with van der Waals surface area (Å²) in [6, 6.07) is 1.58. The van der Waals surface area contributed by atoms with Crippen molar-refractivity contribution in [1.29, 1.82) is 0 Å². The molecule has 0 aromatic carbocycles. The standard InChI is InChI=1S/C9H12ClN3O2S/c10-7-6(8(11)13-15)2-3-12-9(7)16-5-1-4-14/h2-3,14-15H,1,4-5H2,(H2,11,13). The molecule has 0 aliphatic carbocycles. The third-order valence-corrected chi connectivity index (χ3v) is 3.35. The lowest BCUT2D eigenvalue weighted by Gasteiger charge is -2.06. The molecular weight excluding hydrogens is 250 g/mol. The van der Waals surface area contributed by atoms with Gasteiger partial charge in [-0.2, -0.15) is 0 Å². The van der Waals surface area contributed by atoms with E-state index in [1.807, 2.05) is 0 Å². The van der Waals surface area contributed by atoms with Gasteiger partial charge in [0.1, 0.15) is 5.03 Å². The first-order valence-corrected chi connectivity index (χ1v) is 5.93. The van der Waals surface area contributed by atoms with Crippen molar-refractivity contribution in [2.45, 2.75) is 11.4 Å². The lowest BCUT2D eigenvalue weighted by Crippen LogP contribution is -2.14. The third-order valence-electron chi connectivity index (χ3n) is 1.78. The minimum atomic E-state index is -0.0450. The molecule has 16 heavy (non-hydrogen) atoms. The molecule has 0 fully saturated rings. The maximum absolute atomic E-state index is 8.66. The average Bonchev–Trinajstić information content (AvgIpc) is 2.30. The van der Waals surface area contributed by atoms with Gasteiger partial charge in [-0.05, 0) is 12.5 Å². The Morgan fingerprint density at radius 1 is 1.62 bits per heavy atom. The summed E-state index contributed by atoms with van der Waals surface area (Å²) in [7, 11) is 0. The minimum absolute atomic E-state index is 0.0450. The molecule has 0 saturated heterocycles. The largest absolute Gasteiger partial charge is 0.409 e. The number of hydrogen-bond donors (Lipinski definition) is 3. The highest BCUT2D eigenvalue weighted by molar-refractivity contribution is 7.99. The zero-order valence-corrected chi connectivity index (χ0v) is 10.0. The molecule has 0 aliphatic rings. The number of hydrogen-bond acceptors (Lipinski definition) is 5. The Morgan fingerprint density at radius 3 is 3.00 bits per heavy atom. The minimum Gasteiger partial charge on any atom is -0.409 e. The summed E-state index contributed by atoms with van der Waals surface area (Å²) in [5.41, 5.74) is 5.91. The predicted molar refractivity (Wildman–Crippen MR) is 64.2 cm³/mol. The highest BCUT2D eigenvalue weighted by atomic mass is 35.5. The molecule has 5 nitrogen and oxygen atoms in total. The van der Waals surface area contributed by atoms with Gasteiger partial charge in [-0.15, -0.1) is 11.8 Å². The molecule has 0 amide bonds. The van der Waals surface area contributed by atoms with Gasteiger partial charge in [0, 0.05) is 24.1 Å². The third kappa shape index (κ3) is 3.26. The molecule has 0 radical (unpaired) electrons. The van der Waals surface area contributed by atoms with Gasteiger partial charge in [0.2, 0.25) is 0 Å². The number of oxime groups is 1. The van der Waals surface area contributed by atoms with E-state index in [-0.39, 0.29) is 12.4 Å². The van der Waals surface area contributed by atoms with Gasteiger partial charge in [-0.3, -0.25) is 0 Å². The van der Waals surface area contributed by atoms with Crippen LogP contribution in [-0.4, -0.2) is 33.5 Å². The molecular formula is C9H12ClN3O2S. The molecule has 0 spiro atoms. The topological polar surface area (TPSA) is 91.7 Å². The number of nitrogens with zero attached hydrogens (tertiary/aromatic N) is 2. The van der Waals surface area contributed by atoms with Gasteiger partial charge in [0.15, 0.2) is 5.84 Å². The maximum Gasteiger partial charge on any atom is 0.171 e. The number of thioether (sulfide) groups is 1. The number of aromatic nitrogens is 1. The summed E-state index contributed by atoms with van der Waals surface area (Å²) < 4.78 is 0. The molecule has 1 aromatic heterocycles. The smallest absolute Gasteiger partial charge is 0.171 e. The van der Waals surface area contributed by atoms with Crippen LogP contribution in [0.3, 0.4) is 0 Å². The number of halogens is 1. The van der Waals surface area contributed by atoms with E-state index in [4.69, 9.17) is 27.6 Å². The van der Waals surface area contributed by atoms with Crippen LogP contribution < -0.4 is 5.73 Å². The van der Waals surface area contributed by atoms with Crippen LogP contribution in [0.5, 0.6) is 0 Å². The molecule has 4 N–H and O–H groups in total. The lowest BCUT2D eigenvalue weighted by atomic mass is 10.2. The predicted octanol–water partition coefficient (Wildman–Crippen LogP) is 1.30. The van der Waals surface area contributed by atoms with Gasteiger partial charge >= 0.3 is 0 Å².